The second-order valence-electron chi connectivity index (χ2n) is 28.5. The lowest BCUT2D eigenvalue weighted by Crippen LogP contribution is -2.15. The topological polar surface area (TPSA) is 9.86 Å². The molecule has 2 nitrogen and oxygen atoms in total. The fourth-order valence-corrected chi connectivity index (χ4v) is 16.9. The molecular weight excluding hydrogens is 1150 g/mol. The van der Waals surface area contributed by atoms with Gasteiger partial charge in [-0.3, -0.25) is 0 Å². The highest BCUT2D eigenvalue weighted by Gasteiger charge is 2.39. The molecule has 0 amide bonds. The Bertz CT molecular complexity index is 5690. The van der Waals surface area contributed by atoms with Crippen LogP contribution < -0.4 is 0 Å². The van der Waals surface area contributed by atoms with Crippen molar-refractivity contribution in [3.8, 4) is 67.0 Å². The first-order valence-electron chi connectivity index (χ1n) is 33.6. The molecule has 450 valence electrons. The van der Waals surface area contributed by atoms with Gasteiger partial charge >= 0.3 is 0 Å². The first-order chi connectivity index (χ1) is 46.3. The minimum atomic E-state index is -0.168. The number of benzene rings is 14. The summed E-state index contributed by atoms with van der Waals surface area (Å²) in [5, 5.41) is 10.1. The molecule has 0 aliphatic heterocycles. The summed E-state index contributed by atoms with van der Waals surface area (Å²) in [6.45, 7) is 14.4. The Hall–Kier alpha value is -11.3. The Kier molecular flexibility index (Phi) is 11.8. The summed E-state index contributed by atoms with van der Waals surface area (Å²) in [6.07, 6.45) is 9.22. The van der Waals surface area contributed by atoms with Crippen LogP contribution in [0.3, 0.4) is 0 Å². The smallest absolute Gasteiger partial charge is 0.0541 e. The zero-order valence-corrected chi connectivity index (χ0v) is 54.3. The molecule has 95 heavy (non-hydrogen) atoms. The molecule has 0 spiro atoms. The average molecular weight is 1210 g/mol. The van der Waals surface area contributed by atoms with E-state index in [0.717, 1.165) is 0 Å². The van der Waals surface area contributed by atoms with Gasteiger partial charge in [0.25, 0.3) is 0 Å². The largest absolute Gasteiger partial charge is 0.309 e. The third kappa shape index (κ3) is 8.43. The monoisotopic (exact) mass is 1210 g/mol. The molecule has 0 unspecified atom stereocenters. The van der Waals surface area contributed by atoms with E-state index in [0.29, 0.717) is 0 Å². The van der Waals surface area contributed by atoms with Crippen molar-refractivity contribution in [3.05, 3.63) is 335 Å². The first kappa shape index (κ1) is 55.3. The average Bonchev–Trinajstić information content (AvgIpc) is 1.65. The summed E-state index contributed by atoms with van der Waals surface area (Å²) in [4.78, 5) is 0. The third-order valence-corrected chi connectivity index (χ3v) is 22.1. The van der Waals surface area contributed by atoms with Crippen molar-refractivity contribution in [1.29, 1.82) is 0 Å². The highest BCUT2D eigenvalue weighted by atomic mass is 15.0. The van der Waals surface area contributed by atoms with Crippen LogP contribution in [-0.4, -0.2) is 9.13 Å². The van der Waals surface area contributed by atoms with E-state index >= 15 is 0 Å². The van der Waals surface area contributed by atoms with Crippen molar-refractivity contribution in [2.24, 2.45) is 0 Å². The number of hydrogen-bond acceptors (Lipinski definition) is 0. The van der Waals surface area contributed by atoms with Gasteiger partial charge in [0.2, 0.25) is 0 Å². The van der Waals surface area contributed by atoms with E-state index in [1.165, 1.54) is 188 Å². The van der Waals surface area contributed by atoms with E-state index in [4.69, 9.17) is 0 Å². The van der Waals surface area contributed by atoms with Crippen molar-refractivity contribution in [2.75, 3.05) is 0 Å². The number of para-hydroxylation sites is 2. The lowest BCUT2D eigenvalue weighted by atomic mass is 9.81. The maximum Gasteiger partial charge on any atom is 0.0541 e. The minimum absolute atomic E-state index is 0.159. The highest BCUT2D eigenvalue weighted by Crippen LogP contribution is 2.54. The minimum Gasteiger partial charge on any atom is -0.309 e. The molecule has 2 aromatic heterocycles. The van der Waals surface area contributed by atoms with Crippen LogP contribution in [0.4, 0.5) is 0 Å². The molecule has 2 heterocycles. The molecule has 14 aromatic carbocycles. The maximum atomic E-state index is 2.45. The van der Waals surface area contributed by atoms with Crippen molar-refractivity contribution in [1.82, 2.24) is 9.13 Å². The number of fused-ring (bicyclic) bond motifs is 17. The summed E-state index contributed by atoms with van der Waals surface area (Å²) in [5.41, 5.74) is 32.8. The van der Waals surface area contributed by atoms with E-state index in [-0.39, 0.29) is 16.2 Å². The van der Waals surface area contributed by atoms with E-state index in [9.17, 15) is 0 Å². The normalized spacial score (nSPS) is 14.6. The summed E-state index contributed by atoms with van der Waals surface area (Å²) in [7, 11) is 0. The molecule has 0 atom stereocenters. The molecule has 3 aliphatic carbocycles. The number of nitrogens with zero attached hydrogens (tertiary/aromatic N) is 2. The zero-order valence-electron chi connectivity index (χ0n) is 54.3. The van der Waals surface area contributed by atoms with E-state index in [1.807, 2.05) is 0 Å². The standard InChI is InChI=1S/C93H68N2/c1-91(2)81-47-57(23-25-59-29-41-73-75-43-33-67(55-85(75)92(3,4)83(73)49-59)65-35-45-89-79(53-65)77-19-11-13-21-87(77)94(89)69-37-31-61-15-7-9-17-63(61)51-69)27-39-71(81)72-40-28-58(48-82(72)91)24-26-60-30-42-74-76-44-34-68(56-86(76)93(5,6)84(74)50-60)66-36-46-90-80(54-66)78-20-12-14-22-88(78)95(90)70-38-32-62-16-8-10-18-64(62)52-70/h7-56H,1-6H3/b25-23+,26-24+. The Labute approximate surface area is 554 Å². The Morgan fingerprint density at radius 3 is 0.874 bits per heavy atom. The second kappa shape index (κ2) is 20.3. The maximum absolute atomic E-state index is 2.45. The van der Waals surface area contributed by atoms with Crippen molar-refractivity contribution < 1.29 is 0 Å². The van der Waals surface area contributed by atoms with Gasteiger partial charge in [-0.05, 0) is 206 Å². The zero-order chi connectivity index (χ0) is 63.6. The third-order valence-electron chi connectivity index (χ3n) is 22.1. The predicted molar refractivity (Wildman–Crippen MR) is 404 cm³/mol. The summed E-state index contributed by atoms with van der Waals surface area (Å²) in [5.74, 6) is 0. The fraction of sp³-hybridized carbons (Fsp3) is 0.0968. The summed E-state index contributed by atoms with van der Waals surface area (Å²) in [6, 6.07) is 105. The van der Waals surface area contributed by atoms with Gasteiger partial charge in [-0.2, -0.15) is 0 Å². The molecule has 16 aromatic rings. The molecule has 0 N–H and O–H groups in total. The Morgan fingerprint density at radius 1 is 0.221 bits per heavy atom. The molecular formula is C93H68N2. The Balaban J connectivity index is 0.556. The van der Waals surface area contributed by atoms with Gasteiger partial charge in [-0.15, -0.1) is 0 Å². The molecule has 0 saturated heterocycles. The molecule has 0 saturated carbocycles. The quantitative estimate of drug-likeness (QED) is 0.134. The van der Waals surface area contributed by atoms with Crippen LogP contribution in [0, 0.1) is 0 Å². The van der Waals surface area contributed by atoms with Gasteiger partial charge < -0.3 is 9.13 Å². The van der Waals surface area contributed by atoms with Crippen LogP contribution in [0.25, 0.3) is 156 Å². The van der Waals surface area contributed by atoms with Gasteiger partial charge in [0, 0.05) is 49.2 Å². The van der Waals surface area contributed by atoms with Crippen molar-refractivity contribution >= 4 is 89.5 Å². The molecule has 2 heteroatoms. The van der Waals surface area contributed by atoms with Gasteiger partial charge in [-0.1, -0.05) is 272 Å². The van der Waals surface area contributed by atoms with E-state index in [2.05, 4.69) is 354 Å². The molecule has 0 fully saturated rings. The summed E-state index contributed by atoms with van der Waals surface area (Å²) >= 11 is 0. The molecule has 3 aliphatic rings. The van der Waals surface area contributed by atoms with Crippen molar-refractivity contribution in [2.45, 2.75) is 57.8 Å². The predicted octanol–water partition coefficient (Wildman–Crippen LogP) is 24.8. The van der Waals surface area contributed by atoms with Gasteiger partial charge in [0.15, 0.2) is 0 Å². The van der Waals surface area contributed by atoms with Gasteiger partial charge in [-0.25, -0.2) is 0 Å². The van der Waals surface area contributed by atoms with E-state index in [1.54, 1.807) is 0 Å². The Morgan fingerprint density at radius 2 is 0.505 bits per heavy atom. The molecule has 0 radical (unpaired) electrons. The number of hydrogen-bond donors (Lipinski definition) is 0. The van der Waals surface area contributed by atoms with Crippen LogP contribution in [0.1, 0.15) is 97.2 Å². The van der Waals surface area contributed by atoms with Gasteiger partial charge in [0.05, 0.1) is 22.1 Å². The lowest BCUT2D eigenvalue weighted by molar-refractivity contribution is 0.660. The second-order valence-corrected chi connectivity index (χ2v) is 28.5. The van der Waals surface area contributed by atoms with Crippen LogP contribution in [0.2, 0.25) is 0 Å². The van der Waals surface area contributed by atoms with Crippen molar-refractivity contribution in [3.63, 3.8) is 0 Å². The fourth-order valence-electron chi connectivity index (χ4n) is 16.9. The molecule has 19 rings (SSSR count). The van der Waals surface area contributed by atoms with E-state index < -0.39 is 0 Å². The lowest BCUT2D eigenvalue weighted by Gasteiger charge is -2.22. The van der Waals surface area contributed by atoms with Crippen LogP contribution in [-0.2, 0) is 16.2 Å². The number of rotatable bonds is 8. The van der Waals surface area contributed by atoms with Gasteiger partial charge in [0.1, 0.15) is 0 Å². The number of aromatic nitrogens is 2. The SMILES string of the molecule is CC1(C)c2cc(/C=C/c3ccc4c(c3)C(C)(C)c3cc(-c5ccc6c(c5)c5ccccc5n6-c5ccc6ccccc6c5)ccc3-4)ccc2-c2ccc(/C=C/c3ccc4c(c3)C(C)(C)c3cc(-c5ccc6c(c5)c5ccccc5n6-c5ccc6ccccc6c5)ccc3-4)cc21. The van der Waals surface area contributed by atoms with Crippen LogP contribution in [0.15, 0.2) is 279 Å². The molecule has 0 bridgehead atoms. The summed E-state index contributed by atoms with van der Waals surface area (Å²) < 4.78 is 4.85. The highest BCUT2D eigenvalue weighted by molar-refractivity contribution is 6.12. The van der Waals surface area contributed by atoms with Crippen LogP contribution in [0.5, 0.6) is 0 Å². The first-order valence-corrected chi connectivity index (χ1v) is 33.6. The van der Waals surface area contributed by atoms with Crippen LogP contribution >= 0.6 is 0 Å².